The second-order valence-corrected chi connectivity index (χ2v) is 9.91. The third-order valence-electron chi connectivity index (χ3n) is 6.07. The SMILES string of the molecule is CC[C@@H](N(NC(=O)c1ccc2c(c1C)OCCOB2)C(=O)c1cc(C)cc(C)c1)C(C)(C)C. The number of benzene rings is 2. The second kappa shape index (κ2) is 10.00. The number of hydrogen-bond acceptors (Lipinski definition) is 4. The number of hydrogen-bond donors (Lipinski definition) is 1. The van der Waals surface area contributed by atoms with Crippen molar-refractivity contribution >= 4 is 24.8 Å². The number of fused-ring (bicyclic) bond motifs is 1. The highest BCUT2D eigenvalue weighted by atomic mass is 16.5. The minimum absolute atomic E-state index is 0.194. The van der Waals surface area contributed by atoms with Crippen molar-refractivity contribution in [2.75, 3.05) is 13.2 Å². The Balaban J connectivity index is 1.99. The van der Waals surface area contributed by atoms with Gasteiger partial charge in [0, 0.05) is 16.7 Å². The van der Waals surface area contributed by atoms with Crippen LogP contribution in [0.1, 0.15) is 71.5 Å². The summed E-state index contributed by atoms with van der Waals surface area (Å²) in [6.07, 6.45) is 0.698. The molecule has 1 aliphatic rings. The zero-order valence-corrected chi connectivity index (χ0v) is 20.9. The number of aryl methyl sites for hydroxylation is 2. The quantitative estimate of drug-likeness (QED) is 0.571. The topological polar surface area (TPSA) is 67.9 Å². The average molecular weight is 450 g/mol. The molecule has 0 radical (unpaired) electrons. The van der Waals surface area contributed by atoms with Crippen molar-refractivity contribution in [3.05, 3.63) is 58.1 Å². The van der Waals surface area contributed by atoms with E-state index in [4.69, 9.17) is 9.39 Å². The number of nitrogens with zero attached hydrogens (tertiary/aromatic N) is 1. The lowest BCUT2D eigenvalue weighted by Gasteiger charge is -2.39. The maximum Gasteiger partial charge on any atom is 0.312 e. The minimum Gasteiger partial charge on any atom is -0.491 e. The summed E-state index contributed by atoms with van der Waals surface area (Å²) in [5, 5.41) is 1.52. The van der Waals surface area contributed by atoms with E-state index >= 15 is 0 Å². The number of rotatable bonds is 4. The summed E-state index contributed by atoms with van der Waals surface area (Å²) < 4.78 is 11.4. The summed E-state index contributed by atoms with van der Waals surface area (Å²) in [5.74, 6) is 0.147. The molecule has 0 spiro atoms. The third kappa shape index (κ3) is 5.59. The smallest absolute Gasteiger partial charge is 0.312 e. The zero-order chi connectivity index (χ0) is 24.3. The molecular weight excluding hydrogens is 415 g/mol. The molecule has 1 aliphatic heterocycles. The summed E-state index contributed by atoms with van der Waals surface area (Å²) in [6, 6.07) is 9.21. The predicted octanol–water partition coefficient (Wildman–Crippen LogP) is 3.61. The van der Waals surface area contributed by atoms with E-state index in [2.05, 4.69) is 26.2 Å². The molecule has 1 atom stereocenters. The first kappa shape index (κ1) is 24.8. The van der Waals surface area contributed by atoms with Crippen LogP contribution in [-0.2, 0) is 4.65 Å². The van der Waals surface area contributed by atoms with Crippen LogP contribution in [0, 0.1) is 26.2 Å². The lowest BCUT2D eigenvalue weighted by Crippen LogP contribution is -2.56. The van der Waals surface area contributed by atoms with Crippen LogP contribution in [0.4, 0.5) is 0 Å². The molecule has 176 valence electrons. The average Bonchev–Trinajstić information content (AvgIpc) is 2.97. The number of ether oxygens (including phenoxy) is 1. The van der Waals surface area contributed by atoms with Crippen LogP contribution in [0.25, 0.3) is 0 Å². The van der Waals surface area contributed by atoms with Gasteiger partial charge < -0.3 is 9.39 Å². The molecule has 0 bridgehead atoms. The predicted molar refractivity (Wildman–Crippen MR) is 132 cm³/mol. The summed E-state index contributed by atoms with van der Waals surface area (Å²) in [4.78, 5) is 27.2. The molecular formula is C26H35BN2O4. The Morgan fingerprint density at radius 2 is 1.76 bits per heavy atom. The van der Waals surface area contributed by atoms with E-state index in [1.165, 1.54) is 5.01 Å². The Hall–Kier alpha value is -2.80. The van der Waals surface area contributed by atoms with Gasteiger partial charge in [-0.3, -0.25) is 15.0 Å². The highest BCUT2D eigenvalue weighted by molar-refractivity contribution is 6.48. The van der Waals surface area contributed by atoms with Crippen LogP contribution in [0.2, 0.25) is 0 Å². The van der Waals surface area contributed by atoms with Gasteiger partial charge in [0.25, 0.3) is 11.8 Å². The van der Waals surface area contributed by atoms with Crippen molar-refractivity contribution in [2.24, 2.45) is 5.41 Å². The maximum atomic E-state index is 13.7. The molecule has 2 amide bonds. The molecule has 0 unspecified atom stereocenters. The molecule has 0 fully saturated rings. The van der Waals surface area contributed by atoms with E-state index in [1.807, 2.05) is 52.0 Å². The fourth-order valence-electron chi connectivity index (χ4n) is 4.55. The van der Waals surface area contributed by atoms with Crippen LogP contribution in [0.3, 0.4) is 0 Å². The van der Waals surface area contributed by atoms with Crippen molar-refractivity contribution < 1.29 is 19.0 Å². The molecule has 0 saturated carbocycles. The molecule has 3 rings (SSSR count). The fraction of sp³-hybridized carbons (Fsp3) is 0.462. The molecule has 2 aromatic rings. The van der Waals surface area contributed by atoms with Crippen molar-refractivity contribution in [1.82, 2.24) is 10.4 Å². The van der Waals surface area contributed by atoms with Gasteiger partial charge in [-0.1, -0.05) is 51.0 Å². The maximum absolute atomic E-state index is 13.7. The molecule has 1 N–H and O–H groups in total. The van der Waals surface area contributed by atoms with E-state index in [1.54, 1.807) is 6.07 Å². The van der Waals surface area contributed by atoms with Gasteiger partial charge in [-0.05, 0) is 56.3 Å². The van der Waals surface area contributed by atoms with Crippen LogP contribution in [0.5, 0.6) is 5.75 Å². The van der Waals surface area contributed by atoms with Crippen LogP contribution in [-0.4, -0.2) is 43.6 Å². The Labute approximate surface area is 197 Å². The van der Waals surface area contributed by atoms with Crippen molar-refractivity contribution in [3.63, 3.8) is 0 Å². The number of nitrogens with one attached hydrogen (secondary N) is 1. The van der Waals surface area contributed by atoms with Crippen LogP contribution >= 0.6 is 0 Å². The zero-order valence-electron chi connectivity index (χ0n) is 20.9. The van der Waals surface area contributed by atoms with Crippen molar-refractivity contribution in [1.29, 1.82) is 0 Å². The second-order valence-electron chi connectivity index (χ2n) is 9.91. The Morgan fingerprint density at radius 3 is 2.36 bits per heavy atom. The van der Waals surface area contributed by atoms with E-state index in [0.29, 0.717) is 44.0 Å². The number of carbonyl (C=O) groups excluding carboxylic acids is 2. The lowest BCUT2D eigenvalue weighted by atomic mass is 9.84. The van der Waals surface area contributed by atoms with Crippen molar-refractivity contribution in [3.8, 4) is 5.75 Å². The normalized spacial score (nSPS) is 14.3. The molecule has 2 aromatic carbocycles. The van der Waals surface area contributed by atoms with Gasteiger partial charge in [-0.2, -0.15) is 0 Å². The van der Waals surface area contributed by atoms with Gasteiger partial charge in [0.1, 0.15) is 12.4 Å². The van der Waals surface area contributed by atoms with E-state index in [-0.39, 0.29) is 23.3 Å². The summed E-state index contributed by atoms with van der Waals surface area (Å²) in [6.45, 7) is 15.0. The van der Waals surface area contributed by atoms with Gasteiger partial charge >= 0.3 is 7.48 Å². The Bertz CT molecular complexity index is 1030. The first-order valence-corrected chi connectivity index (χ1v) is 11.6. The highest BCUT2D eigenvalue weighted by Crippen LogP contribution is 2.28. The first-order chi connectivity index (χ1) is 15.5. The molecule has 0 aromatic heterocycles. The number of amides is 2. The first-order valence-electron chi connectivity index (χ1n) is 11.6. The van der Waals surface area contributed by atoms with E-state index in [9.17, 15) is 9.59 Å². The third-order valence-corrected chi connectivity index (χ3v) is 6.07. The van der Waals surface area contributed by atoms with Crippen LogP contribution < -0.4 is 15.6 Å². The van der Waals surface area contributed by atoms with Crippen LogP contribution in [0.15, 0.2) is 30.3 Å². The molecule has 1 heterocycles. The number of carbonyl (C=O) groups is 2. The molecule has 33 heavy (non-hydrogen) atoms. The molecule has 0 saturated heterocycles. The largest absolute Gasteiger partial charge is 0.491 e. The molecule has 0 aliphatic carbocycles. The van der Waals surface area contributed by atoms with E-state index in [0.717, 1.165) is 22.2 Å². The highest BCUT2D eigenvalue weighted by Gasteiger charge is 2.35. The van der Waals surface area contributed by atoms with Crippen molar-refractivity contribution in [2.45, 2.75) is 60.9 Å². The molecule has 7 heteroatoms. The Morgan fingerprint density at radius 1 is 1.09 bits per heavy atom. The fourth-order valence-corrected chi connectivity index (χ4v) is 4.55. The summed E-state index contributed by atoms with van der Waals surface area (Å²) in [5.41, 5.74) is 7.45. The molecule has 6 nitrogen and oxygen atoms in total. The summed E-state index contributed by atoms with van der Waals surface area (Å²) in [7, 11) is 0.456. The van der Waals surface area contributed by atoms with Gasteiger partial charge in [0.15, 0.2) is 0 Å². The number of hydrazine groups is 1. The van der Waals surface area contributed by atoms with Gasteiger partial charge in [0.2, 0.25) is 0 Å². The van der Waals surface area contributed by atoms with Gasteiger partial charge in [-0.15, -0.1) is 0 Å². The summed E-state index contributed by atoms with van der Waals surface area (Å²) >= 11 is 0. The van der Waals surface area contributed by atoms with E-state index < -0.39 is 0 Å². The van der Waals surface area contributed by atoms with Gasteiger partial charge in [0.05, 0.1) is 12.6 Å². The van der Waals surface area contributed by atoms with Gasteiger partial charge in [-0.25, -0.2) is 5.01 Å². The monoisotopic (exact) mass is 450 g/mol. The minimum atomic E-state index is -0.329. The standard InChI is InChI=1S/C26H35BN2O4/c1-8-22(26(5,6)7)29(25(31)19-14-16(2)13-17(3)15-19)28-24(30)20-9-10-21-23(18(20)4)32-11-12-33-27-21/h9-10,13-15,22,27H,8,11-12H2,1-7H3,(H,28,30)/t22-/m1/s1. The Kier molecular flexibility index (Phi) is 7.53. The lowest BCUT2D eigenvalue weighted by molar-refractivity contribution is 0.0284.